The summed E-state index contributed by atoms with van der Waals surface area (Å²) in [6.07, 6.45) is -4.15. The van der Waals surface area contributed by atoms with Gasteiger partial charge in [0, 0.05) is 11.1 Å². The standard InChI is InChI=1S/C24H14F5NOS/c1-2-16-11-18(19-12-21(25)23(30-14-32)22(26)13-19)8-7-17(16)6-3-15-4-9-20(10-5-15)31-24(27,28)29/h4-5,7-13H,2H2,1H3. The molecular weight excluding hydrogens is 445 g/mol. The highest BCUT2D eigenvalue weighted by Crippen LogP contribution is 2.30. The summed E-state index contributed by atoms with van der Waals surface area (Å²) >= 11 is 4.40. The van der Waals surface area contributed by atoms with E-state index in [2.05, 4.69) is 33.8 Å². The van der Waals surface area contributed by atoms with E-state index in [0.29, 0.717) is 28.7 Å². The molecule has 0 fully saturated rings. The van der Waals surface area contributed by atoms with Crippen LogP contribution in [0.25, 0.3) is 11.1 Å². The number of aryl methyl sites for hydroxylation is 1. The number of rotatable bonds is 4. The summed E-state index contributed by atoms with van der Waals surface area (Å²) in [6, 6.07) is 12.7. The van der Waals surface area contributed by atoms with Gasteiger partial charge in [0.1, 0.15) is 11.4 Å². The van der Waals surface area contributed by atoms with Crippen molar-refractivity contribution in [3.63, 3.8) is 0 Å². The Morgan fingerprint density at radius 3 is 2.12 bits per heavy atom. The quantitative estimate of drug-likeness (QED) is 0.178. The van der Waals surface area contributed by atoms with Crippen molar-refractivity contribution in [3.05, 3.63) is 82.9 Å². The van der Waals surface area contributed by atoms with Gasteiger partial charge >= 0.3 is 6.36 Å². The summed E-state index contributed by atoms with van der Waals surface area (Å²) in [7, 11) is 0. The molecular formula is C24H14F5NOS. The van der Waals surface area contributed by atoms with Gasteiger partial charge in [0.15, 0.2) is 11.6 Å². The first-order valence-corrected chi connectivity index (χ1v) is 9.69. The summed E-state index contributed by atoms with van der Waals surface area (Å²) in [5, 5.41) is 1.95. The molecule has 8 heteroatoms. The lowest BCUT2D eigenvalue weighted by Crippen LogP contribution is -2.16. The van der Waals surface area contributed by atoms with Crippen LogP contribution in [0.5, 0.6) is 5.75 Å². The summed E-state index contributed by atoms with van der Waals surface area (Å²) in [6.45, 7) is 1.91. The zero-order valence-corrected chi connectivity index (χ0v) is 17.4. The minimum atomic E-state index is -4.76. The molecule has 2 nitrogen and oxygen atoms in total. The van der Waals surface area contributed by atoms with Gasteiger partial charge in [0.2, 0.25) is 0 Å². The normalized spacial score (nSPS) is 10.7. The van der Waals surface area contributed by atoms with Gasteiger partial charge in [-0.05, 0) is 83.9 Å². The SMILES string of the molecule is CCc1cc(-c2cc(F)c(N=C=S)c(F)c2)ccc1C#Cc1ccc(OC(F)(F)F)cc1. The van der Waals surface area contributed by atoms with Crippen LogP contribution in [-0.4, -0.2) is 11.5 Å². The molecule has 0 spiro atoms. The molecule has 0 atom stereocenters. The highest BCUT2D eigenvalue weighted by molar-refractivity contribution is 7.78. The van der Waals surface area contributed by atoms with Gasteiger partial charge in [-0.25, -0.2) is 8.78 Å². The van der Waals surface area contributed by atoms with E-state index in [4.69, 9.17) is 0 Å². The fraction of sp³-hybridized carbons (Fsp3) is 0.125. The van der Waals surface area contributed by atoms with Crippen LogP contribution in [0.2, 0.25) is 0 Å². The predicted molar refractivity (Wildman–Crippen MR) is 115 cm³/mol. The summed E-state index contributed by atoms with van der Waals surface area (Å²) in [4.78, 5) is 3.40. The number of nitrogens with zero attached hydrogens (tertiary/aromatic N) is 1. The van der Waals surface area contributed by atoms with Gasteiger partial charge < -0.3 is 4.74 Å². The molecule has 0 amide bonds. The number of hydrogen-bond acceptors (Lipinski definition) is 3. The third kappa shape index (κ3) is 5.79. The Balaban J connectivity index is 1.88. The summed E-state index contributed by atoms with van der Waals surface area (Å²) in [5.41, 5.74) is 2.47. The molecule has 0 N–H and O–H groups in total. The lowest BCUT2D eigenvalue weighted by Gasteiger charge is -2.09. The van der Waals surface area contributed by atoms with Crippen molar-refractivity contribution in [1.82, 2.24) is 0 Å². The molecule has 0 aromatic heterocycles. The van der Waals surface area contributed by atoms with Crippen LogP contribution in [-0.2, 0) is 6.42 Å². The zero-order chi connectivity index (χ0) is 23.3. The largest absolute Gasteiger partial charge is 0.573 e. The third-order valence-electron chi connectivity index (χ3n) is 4.42. The zero-order valence-electron chi connectivity index (χ0n) is 16.6. The van der Waals surface area contributed by atoms with Gasteiger partial charge in [-0.3, -0.25) is 0 Å². The molecule has 0 saturated heterocycles. The van der Waals surface area contributed by atoms with Crippen molar-refractivity contribution in [2.24, 2.45) is 4.99 Å². The van der Waals surface area contributed by atoms with Gasteiger partial charge in [-0.1, -0.05) is 24.8 Å². The van der Waals surface area contributed by atoms with Crippen LogP contribution >= 0.6 is 12.2 Å². The van der Waals surface area contributed by atoms with Crippen LogP contribution in [0.3, 0.4) is 0 Å². The molecule has 0 heterocycles. The second-order valence-electron chi connectivity index (χ2n) is 6.54. The maximum Gasteiger partial charge on any atom is 0.573 e. The Hall–Kier alpha value is -3.53. The number of benzene rings is 3. The van der Waals surface area contributed by atoms with Gasteiger partial charge in [-0.2, -0.15) is 4.99 Å². The average Bonchev–Trinajstić information content (AvgIpc) is 2.74. The second kappa shape index (κ2) is 9.73. The number of ether oxygens (including phenoxy) is 1. The molecule has 0 aliphatic heterocycles. The lowest BCUT2D eigenvalue weighted by atomic mass is 9.97. The van der Waals surface area contributed by atoms with E-state index >= 15 is 0 Å². The van der Waals surface area contributed by atoms with E-state index in [-0.39, 0.29) is 5.75 Å². The topological polar surface area (TPSA) is 21.6 Å². The molecule has 0 bridgehead atoms. The number of thiocarbonyl (C=S) groups is 1. The molecule has 0 unspecified atom stereocenters. The molecule has 0 radical (unpaired) electrons. The fourth-order valence-corrected chi connectivity index (χ4v) is 3.04. The van der Waals surface area contributed by atoms with E-state index in [9.17, 15) is 22.0 Å². The first-order chi connectivity index (χ1) is 15.2. The average molecular weight is 459 g/mol. The lowest BCUT2D eigenvalue weighted by molar-refractivity contribution is -0.274. The highest BCUT2D eigenvalue weighted by Gasteiger charge is 2.30. The van der Waals surface area contributed by atoms with Crippen LogP contribution in [0, 0.1) is 23.5 Å². The molecule has 3 aromatic carbocycles. The Morgan fingerprint density at radius 1 is 0.906 bits per heavy atom. The monoisotopic (exact) mass is 459 g/mol. The van der Waals surface area contributed by atoms with Crippen LogP contribution in [0.15, 0.2) is 59.6 Å². The first-order valence-electron chi connectivity index (χ1n) is 9.28. The van der Waals surface area contributed by atoms with Crippen LogP contribution < -0.4 is 4.74 Å². The van der Waals surface area contributed by atoms with Gasteiger partial charge in [0.05, 0.1) is 5.16 Å². The molecule has 0 saturated carbocycles. The Morgan fingerprint density at radius 2 is 1.56 bits per heavy atom. The van der Waals surface area contributed by atoms with Crippen molar-refractivity contribution < 1.29 is 26.7 Å². The van der Waals surface area contributed by atoms with E-state index in [1.165, 1.54) is 36.4 Å². The minimum Gasteiger partial charge on any atom is -0.406 e. The number of isothiocyanates is 1. The molecule has 0 aliphatic carbocycles. The van der Waals surface area contributed by atoms with Crippen molar-refractivity contribution in [3.8, 4) is 28.7 Å². The van der Waals surface area contributed by atoms with E-state index in [1.54, 1.807) is 18.2 Å². The Kier molecular flexibility index (Phi) is 7.04. The van der Waals surface area contributed by atoms with Gasteiger partial charge in [-0.15, -0.1) is 13.2 Å². The van der Waals surface area contributed by atoms with Crippen molar-refractivity contribution >= 4 is 23.1 Å². The number of alkyl halides is 3. The second-order valence-corrected chi connectivity index (χ2v) is 6.72. The molecule has 3 aromatic rings. The molecule has 3 rings (SSSR count). The molecule has 0 aliphatic rings. The number of hydrogen-bond donors (Lipinski definition) is 0. The summed E-state index contributed by atoms with van der Waals surface area (Å²) < 4.78 is 68.9. The van der Waals surface area contributed by atoms with E-state index < -0.39 is 23.7 Å². The van der Waals surface area contributed by atoms with Crippen molar-refractivity contribution in [2.45, 2.75) is 19.7 Å². The maximum atomic E-state index is 14.2. The predicted octanol–water partition coefficient (Wildman–Crippen LogP) is 7.23. The van der Waals surface area contributed by atoms with E-state index in [1.807, 2.05) is 12.1 Å². The minimum absolute atomic E-state index is 0.330. The Labute approximate surface area is 186 Å². The van der Waals surface area contributed by atoms with Crippen LogP contribution in [0.1, 0.15) is 23.6 Å². The smallest absolute Gasteiger partial charge is 0.406 e. The van der Waals surface area contributed by atoms with Crippen molar-refractivity contribution in [1.29, 1.82) is 0 Å². The molecule has 32 heavy (non-hydrogen) atoms. The fourth-order valence-electron chi connectivity index (χ4n) is 2.95. The third-order valence-corrected chi connectivity index (χ3v) is 4.51. The maximum absolute atomic E-state index is 14.2. The number of aliphatic imine (C=N–C) groups is 1. The highest BCUT2D eigenvalue weighted by atomic mass is 32.1. The first kappa shape index (κ1) is 23.1. The Bertz CT molecular complexity index is 1230. The summed E-state index contributed by atoms with van der Waals surface area (Å²) in [5.74, 6) is 3.84. The number of halogens is 5. The van der Waals surface area contributed by atoms with Crippen LogP contribution in [0.4, 0.5) is 27.6 Å². The molecule has 162 valence electrons. The van der Waals surface area contributed by atoms with Gasteiger partial charge in [0.25, 0.3) is 0 Å². The van der Waals surface area contributed by atoms with Crippen molar-refractivity contribution in [2.75, 3.05) is 0 Å². The van der Waals surface area contributed by atoms with E-state index in [0.717, 1.165) is 5.56 Å².